The number of nitrogens with one attached hydrogen (secondary N) is 1. The minimum atomic E-state index is -1.15. The van der Waals surface area contributed by atoms with Crippen LogP contribution in [0.15, 0.2) is 18.2 Å². The summed E-state index contributed by atoms with van der Waals surface area (Å²) in [5.41, 5.74) is 1.16. The molecule has 8 heteroatoms. The smallest absolute Gasteiger partial charge is 0.342 e. The third kappa shape index (κ3) is 3.72. The maximum absolute atomic E-state index is 12.6. The Morgan fingerprint density at radius 1 is 1.19 bits per heavy atom. The zero-order chi connectivity index (χ0) is 19.6. The predicted octanol–water partition coefficient (Wildman–Crippen LogP) is 3.21. The van der Waals surface area contributed by atoms with Gasteiger partial charge in [-0.1, -0.05) is 11.6 Å². The van der Waals surface area contributed by atoms with Crippen LogP contribution < -0.4 is 0 Å². The van der Waals surface area contributed by atoms with Crippen LogP contribution in [-0.4, -0.2) is 41.0 Å². The molecule has 0 aliphatic rings. The van der Waals surface area contributed by atoms with Gasteiger partial charge in [0.1, 0.15) is 11.3 Å². The molecular weight excluding hydrogens is 362 g/mol. The number of rotatable bonds is 5. The molecule has 1 aromatic heterocycles. The molecule has 138 valence electrons. The normalized spacial score (nSPS) is 11.7. The second-order valence-electron chi connectivity index (χ2n) is 5.69. The number of aromatic nitrogens is 1. The van der Waals surface area contributed by atoms with Crippen molar-refractivity contribution in [1.29, 1.82) is 0 Å². The standard InChI is InChI=1S/C18H18ClNO6/c1-8-14(18(24)25-4)9(2)20-15(8)16(22)10(3)26-17(23)12-7-11(19)5-6-13(12)21/h5-7,10,20-21H,1-4H3/t10-/m1/s1. The highest BCUT2D eigenvalue weighted by atomic mass is 35.5. The van der Waals surface area contributed by atoms with E-state index in [2.05, 4.69) is 4.98 Å². The van der Waals surface area contributed by atoms with Gasteiger partial charge in [-0.05, 0) is 44.5 Å². The number of phenolic OH excluding ortho intramolecular Hbond substituents is 1. The number of aryl methyl sites for hydroxylation is 1. The fourth-order valence-electron chi connectivity index (χ4n) is 2.56. The molecule has 0 fully saturated rings. The molecule has 0 bridgehead atoms. The van der Waals surface area contributed by atoms with E-state index >= 15 is 0 Å². The Kier molecular flexibility index (Phi) is 5.72. The van der Waals surface area contributed by atoms with E-state index in [0.29, 0.717) is 11.3 Å². The second-order valence-corrected chi connectivity index (χ2v) is 6.13. The summed E-state index contributed by atoms with van der Waals surface area (Å²) in [5, 5.41) is 9.99. The van der Waals surface area contributed by atoms with Crippen LogP contribution in [0.4, 0.5) is 0 Å². The van der Waals surface area contributed by atoms with Crippen molar-refractivity contribution in [2.45, 2.75) is 26.9 Å². The van der Waals surface area contributed by atoms with E-state index in [4.69, 9.17) is 21.1 Å². The van der Waals surface area contributed by atoms with Crippen LogP contribution in [0, 0.1) is 13.8 Å². The quantitative estimate of drug-likeness (QED) is 0.610. The summed E-state index contributed by atoms with van der Waals surface area (Å²) in [6.45, 7) is 4.63. The molecule has 0 aliphatic carbocycles. The van der Waals surface area contributed by atoms with Crippen molar-refractivity contribution < 1.29 is 29.0 Å². The van der Waals surface area contributed by atoms with Gasteiger partial charge >= 0.3 is 11.9 Å². The Bertz CT molecular complexity index is 886. The van der Waals surface area contributed by atoms with Gasteiger partial charge in [-0.2, -0.15) is 0 Å². The largest absolute Gasteiger partial charge is 0.507 e. The minimum Gasteiger partial charge on any atom is -0.507 e. The van der Waals surface area contributed by atoms with Crippen molar-refractivity contribution in [2.24, 2.45) is 0 Å². The number of carbonyl (C=O) groups is 3. The van der Waals surface area contributed by atoms with Gasteiger partial charge < -0.3 is 19.6 Å². The molecule has 0 radical (unpaired) electrons. The van der Waals surface area contributed by atoms with E-state index in [1.807, 2.05) is 0 Å². The summed E-state index contributed by atoms with van der Waals surface area (Å²) in [6, 6.07) is 3.92. The van der Waals surface area contributed by atoms with E-state index in [1.165, 1.54) is 32.2 Å². The van der Waals surface area contributed by atoms with Gasteiger partial charge in [0.15, 0.2) is 6.10 Å². The predicted molar refractivity (Wildman–Crippen MR) is 93.9 cm³/mol. The number of hydrogen-bond acceptors (Lipinski definition) is 6. The first-order valence-electron chi connectivity index (χ1n) is 7.68. The van der Waals surface area contributed by atoms with E-state index in [-0.39, 0.29) is 27.6 Å². The van der Waals surface area contributed by atoms with Crippen molar-refractivity contribution in [3.8, 4) is 5.75 Å². The Balaban J connectivity index is 2.24. The SMILES string of the molecule is COC(=O)c1c(C)[nH]c(C(=O)[C@@H](C)OC(=O)c2cc(Cl)ccc2O)c1C. The van der Waals surface area contributed by atoms with E-state index in [1.54, 1.807) is 13.8 Å². The first kappa shape index (κ1) is 19.5. The number of aromatic hydroxyl groups is 1. The number of hydrogen-bond donors (Lipinski definition) is 2. The molecule has 1 heterocycles. The number of ketones is 1. The van der Waals surface area contributed by atoms with Crippen molar-refractivity contribution >= 4 is 29.3 Å². The molecule has 2 N–H and O–H groups in total. The monoisotopic (exact) mass is 379 g/mol. The Morgan fingerprint density at radius 2 is 1.85 bits per heavy atom. The molecule has 1 atom stereocenters. The van der Waals surface area contributed by atoms with Crippen LogP contribution in [0.1, 0.15) is 49.4 Å². The molecule has 0 aliphatic heterocycles. The molecule has 0 amide bonds. The fraction of sp³-hybridized carbons (Fsp3) is 0.278. The van der Waals surface area contributed by atoms with Crippen molar-refractivity contribution in [2.75, 3.05) is 7.11 Å². The number of carbonyl (C=O) groups excluding carboxylic acids is 3. The van der Waals surface area contributed by atoms with Gasteiger partial charge in [0, 0.05) is 10.7 Å². The molecule has 0 spiro atoms. The lowest BCUT2D eigenvalue weighted by atomic mass is 10.1. The van der Waals surface area contributed by atoms with Crippen LogP contribution in [0.3, 0.4) is 0 Å². The number of esters is 2. The topological polar surface area (TPSA) is 106 Å². The first-order valence-corrected chi connectivity index (χ1v) is 8.06. The number of H-pyrrole nitrogens is 1. The van der Waals surface area contributed by atoms with Gasteiger partial charge in [-0.15, -0.1) is 0 Å². The third-order valence-corrected chi connectivity index (χ3v) is 4.14. The maximum Gasteiger partial charge on any atom is 0.342 e. The summed E-state index contributed by atoms with van der Waals surface area (Å²) >= 11 is 5.81. The van der Waals surface area contributed by atoms with Crippen LogP contribution in [-0.2, 0) is 9.47 Å². The Labute approximate surface area is 154 Å². The molecule has 2 aromatic rings. The van der Waals surface area contributed by atoms with Crippen LogP contribution >= 0.6 is 11.6 Å². The molecule has 0 saturated carbocycles. The van der Waals surface area contributed by atoms with Crippen LogP contribution in [0.5, 0.6) is 5.75 Å². The van der Waals surface area contributed by atoms with E-state index in [0.717, 1.165) is 0 Å². The third-order valence-electron chi connectivity index (χ3n) is 3.90. The van der Waals surface area contributed by atoms with Crippen molar-refractivity contribution in [1.82, 2.24) is 4.98 Å². The van der Waals surface area contributed by atoms with Gasteiger partial charge in [-0.25, -0.2) is 9.59 Å². The lowest BCUT2D eigenvalue weighted by Crippen LogP contribution is -2.25. The van der Waals surface area contributed by atoms with E-state index in [9.17, 15) is 19.5 Å². The Hall–Kier alpha value is -2.80. The molecule has 0 unspecified atom stereocenters. The number of phenols is 1. The summed E-state index contributed by atoms with van der Waals surface area (Å²) in [4.78, 5) is 39.5. The zero-order valence-corrected chi connectivity index (χ0v) is 15.4. The average Bonchev–Trinajstić information content (AvgIpc) is 2.89. The lowest BCUT2D eigenvalue weighted by molar-refractivity contribution is 0.0314. The number of benzene rings is 1. The summed E-state index contributed by atoms with van der Waals surface area (Å²) < 4.78 is 9.84. The maximum atomic E-state index is 12.6. The number of methoxy groups -OCH3 is 1. The van der Waals surface area contributed by atoms with Gasteiger partial charge in [0.05, 0.1) is 18.4 Å². The van der Waals surface area contributed by atoms with Gasteiger partial charge in [0.25, 0.3) is 0 Å². The summed E-state index contributed by atoms with van der Waals surface area (Å²) in [7, 11) is 1.25. The molecule has 0 saturated heterocycles. The molecule has 1 aromatic carbocycles. The van der Waals surface area contributed by atoms with Crippen molar-refractivity contribution in [3.63, 3.8) is 0 Å². The average molecular weight is 380 g/mol. The van der Waals surface area contributed by atoms with Crippen LogP contribution in [0.25, 0.3) is 0 Å². The zero-order valence-electron chi connectivity index (χ0n) is 14.7. The summed E-state index contributed by atoms with van der Waals surface area (Å²) in [6.07, 6.45) is -1.15. The van der Waals surface area contributed by atoms with Crippen molar-refractivity contribution in [3.05, 3.63) is 51.3 Å². The first-order chi connectivity index (χ1) is 12.2. The molecular formula is C18H18ClNO6. The second kappa shape index (κ2) is 7.61. The number of Topliss-reactive ketones (excluding diaryl/α,β-unsaturated/α-hetero) is 1. The highest BCUT2D eigenvalue weighted by molar-refractivity contribution is 6.31. The number of aromatic amines is 1. The van der Waals surface area contributed by atoms with Crippen LogP contribution in [0.2, 0.25) is 5.02 Å². The highest BCUT2D eigenvalue weighted by Crippen LogP contribution is 2.24. The lowest BCUT2D eigenvalue weighted by Gasteiger charge is -2.13. The minimum absolute atomic E-state index is 0.146. The van der Waals surface area contributed by atoms with E-state index < -0.39 is 23.8 Å². The fourth-order valence-corrected chi connectivity index (χ4v) is 2.73. The van der Waals surface area contributed by atoms with Gasteiger partial charge in [0.2, 0.25) is 5.78 Å². The summed E-state index contributed by atoms with van der Waals surface area (Å²) in [5.74, 6) is -2.28. The number of ether oxygens (including phenoxy) is 2. The molecule has 26 heavy (non-hydrogen) atoms. The number of halogens is 1. The highest BCUT2D eigenvalue weighted by Gasteiger charge is 2.28. The Morgan fingerprint density at radius 3 is 2.46 bits per heavy atom. The van der Waals surface area contributed by atoms with Gasteiger partial charge in [-0.3, -0.25) is 4.79 Å². The molecule has 7 nitrogen and oxygen atoms in total. The molecule has 2 rings (SSSR count).